The average molecular weight is 511 g/mol. The van der Waals surface area contributed by atoms with E-state index in [1.165, 1.54) is 12.1 Å². The molecule has 3 heterocycles. The second kappa shape index (κ2) is 9.48. The summed E-state index contributed by atoms with van der Waals surface area (Å²) in [5.74, 6) is -2.03. The predicted octanol–water partition coefficient (Wildman–Crippen LogP) is 3.64. The number of nitrogens with zero attached hydrogens (tertiary/aromatic N) is 3. The van der Waals surface area contributed by atoms with Gasteiger partial charge in [0, 0.05) is 61.3 Å². The quantitative estimate of drug-likeness (QED) is 0.685. The van der Waals surface area contributed by atoms with E-state index in [-0.39, 0.29) is 35.2 Å². The van der Waals surface area contributed by atoms with Gasteiger partial charge in [0.25, 0.3) is 0 Å². The Bertz CT molecular complexity index is 1200. The van der Waals surface area contributed by atoms with Crippen molar-refractivity contribution in [2.75, 3.05) is 44.2 Å². The zero-order valence-corrected chi connectivity index (χ0v) is 21.8. The Morgan fingerprint density at radius 1 is 1.05 bits per heavy atom. The van der Waals surface area contributed by atoms with Gasteiger partial charge in [-0.05, 0) is 56.9 Å². The zero-order valence-electron chi connectivity index (χ0n) is 21.8. The lowest BCUT2D eigenvalue weighted by atomic mass is 9.74. The minimum Gasteiger partial charge on any atom is -0.342 e. The molecular formula is C29H36F2N4O2. The number of fused-ring (bicyclic) bond motifs is 2. The van der Waals surface area contributed by atoms with Crippen molar-refractivity contribution in [3.05, 3.63) is 65.2 Å². The van der Waals surface area contributed by atoms with Crippen LogP contribution >= 0.6 is 0 Å². The molecule has 5 rings (SSSR count). The smallest absolute Gasteiger partial charge is 0.240 e. The Hall–Kier alpha value is -2.84. The fraction of sp³-hybridized carbons (Fsp3) is 0.517. The molecule has 2 fully saturated rings. The summed E-state index contributed by atoms with van der Waals surface area (Å²) in [6, 6.07) is 11.7. The third-order valence-corrected chi connectivity index (χ3v) is 8.68. The summed E-state index contributed by atoms with van der Waals surface area (Å²) < 4.78 is 28.5. The molecule has 0 saturated carbocycles. The number of hydrogen-bond donors (Lipinski definition) is 1. The topological polar surface area (TPSA) is 69.9 Å². The Morgan fingerprint density at radius 3 is 2.41 bits per heavy atom. The first kappa shape index (κ1) is 25.8. The van der Waals surface area contributed by atoms with Gasteiger partial charge in [0.2, 0.25) is 11.8 Å². The number of piperidine rings is 1. The molecule has 198 valence electrons. The molecule has 2 unspecified atom stereocenters. The lowest BCUT2D eigenvalue weighted by Crippen LogP contribution is -2.50. The number of carbonyl (C=O) groups is 2. The molecule has 0 radical (unpaired) electrons. The van der Waals surface area contributed by atoms with Gasteiger partial charge >= 0.3 is 0 Å². The van der Waals surface area contributed by atoms with Gasteiger partial charge in [0.15, 0.2) is 0 Å². The molecule has 0 aromatic heterocycles. The van der Waals surface area contributed by atoms with Crippen LogP contribution in [0.25, 0.3) is 0 Å². The summed E-state index contributed by atoms with van der Waals surface area (Å²) in [5.41, 5.74) is 7.77. The van der Waals surface area contributed by atoms with Crippen molar-refractivity contribution in [3.63, 3.8) is 0 Å². The number of benzene rings is 2. The molecule has 3 aliphatic heterocycles. The van der Waals surface area contributed by atoms with Gasteiger partial charge in [-0.15, -0.1) is 0 Å². The molecule has 37 heavy (non-hydrogen) atoms. The lowest BCUT2D eigenvalue weighted by Gasteiger charge is -2.41. The summed E-state index contributed by atoms with van der Waals surface area (Å²) >= 11 is 0. The normalized spacial score (nSPS) is 23.5. The van der Waals surface area contributed by atoms with E-state index in [1.807, 2.05) is 23.1 Å². The fourth-order valence-electron chi connectivity index (χ4n) is 6.50. The van der Waals surface area contributed by atoms with E-state index in [0.717, 1.165) is 30.2 Å². The van der Waals surface area contributed by atoms with Gasteiger partial charge in [0.05, 0.1) is 12.5 Å². The van der Waals surface area contributed by atoms with Crippen molar-refractivity contribution >= 4 is 17.5 Å². The van der Waals surface area contributed by atoms with Crippen molar-refractivity contribution in [1.29, 1.82) is 0 Å². The molecular weight excluding hydrogens is 474 g/mol. The monoisotopic (exact) mass is 510 g/mol. The zero-order chi connectivity index (χ0) is 26.5. The van der Waals surface area contributed by atoms with Gasteiger partial charge in [-0.2, -0.15) is 0 Å². The van der Waals surface area contributed by atoms with Gasteiger partial charge < -0.3 is 15.5 Å². The molecule has 2 saturated heterocycles. The molecule has 0 aliphatic carbocycles. The Morgan fingerprint density at radius 2 is 1.76 bits per heavy atom. The summed E-state index contributed by atoms with van der Waals surface area (Å²) in [7, 11) is 0. The van der Waals surface area contributed by atoms with Crippen LogP contribution in [0, 0.1) is 17.6 Å². The SMILES string of the molecule is CC(C)(C)N1CC(C(=O)N2CCC3(CC2)CN(C(=O)CN)c2ccccc23)C(c2ccc(F)cc2F)C1. The molecule has 2 atom stereocenters. The molecule has 6 nitrogen and oxygen atoms in total. The molecule has 8 heteroatoms. The van der Waals surface area contributed by atoms with Crippen LogP contribution in [0.5, 0.6) is 0 Å². The summed E-state index contributed by atoms with van der Waals surface area (Å²) in [4.78, 5) is 32.4. The maximum atomic E-state index is 14.9. The summed E-state index contributed by atoms with van der Waals surface area (Å²) in [5, 5.41) is 0. The first-order chi connectivity index (χ1) is 17.5. The van der Waals surface area contributed by atoms with E-state index in [2.05, 4.69) is 31.7 Å². The first-order valence-electron chi connectivity index (χ1n) is 13.1. The van der Waals surface area contributed by atoms with Crippen LogP contribution in [0.1, 0.15) is 50.7 Å². The number of para-hydroxylation sites is 1. The largest absolute Gasteiger partial charge is 0.342 e. The van der Waals surface area contributed by atoms with E-state index in [4.69, 9.17) is 5.73 Å². The highest BCUT2D eigenvalue weighted by molar-refractivity contribution is 5.97. The molecule has 1 spiro atoms. The average Bonchev–Trinajstić information content (AvgIpc) is 3.45. The van der Waals surface area contributed by atoms with Gasteiger partial charge in [-0.3, -0.25) is 14.5 Å². The van der Waals surface area contributed by atoms with E-state index in [9.17, 15) is 18.4 Å². The van der Waals surface area contributed by atoms with Crippen LogP contribution in [0.15, 0.2) is 42.5 Å². The number of carbonyl (C=O) groups excluding carboxylic acids is 2. The number of nitrogens with two attached hydrogens (primary N) is 1. The Labute approximate surface area is 217 Å². The lowest BCUT2D eigenvalue weighted by molar-refractivity contribution is -0.137. The van der Waals surface area contributed by atoms with Crippen LogP contribution in [0.3, 0.4) is 0 Å². The minimum atomic E-state index is -0.616. The highest BCUT2D eigenvalue weighted by Gasteiger charge is 2.49. The molecule has 2 N–H and O–H groups in total. The van der Waals surface area contributed by atoms with Crippen molar-refractivity contribution < 1.29 is 18.4 Å². The van der Waals surface area contributed by atoms with Crippen LogP contribution in [0.2, 0.25) is 0 Å². The van der Waals surface area contributed by atoms with Gasteiger partial charge in [-0.25, -0.2) is 8.78 Å². The highest BCUT2D eigenvalue weighted by Crippen LogP contribution is 2.47. The van der Waals surface area contributed by atoms with Crippen molar-refractivity contribution in [3.8, 4) is 0 Å². The van der Waals surface area contributed by atoms with E-state index in [0.29, 0.717) is 38.3 Å². The van der Waals surface area contributed by atoms with Crippen LogP contribution < -0.4 is 10.6 Å². The van der Waals surface area contributed by atoms with E-state index in [1.54, 1.807) is 4.90 Å². The van der Waals surface area contributed by atoms with E-state index >= 15 is 0 Å². The van der Waals surface area contributed by atoms with Crippen molar-refractivity contribution in [1.82, 2.24) is 9.80 Å². The number of rotatable bonds is 3. The number of hydrogen-bond acceptors (Lipinski definition) is 4. The third-order valence-electron chi connectivity index (χ3n) is 8.68. The molecule has 0 bridgehead atoms. The molecule has 2 amide bonds. The second-order valence-corrected chi connectivity index (χ2v) is 11.8. The second-order valence-electron chi connectivity index (χ2n) is 11.8. The summed E-state index contributed by atoms with van der Waals surface area (Å²) in [6.07, 6.45) is 1.49. The minimum absolute atomic E-state index is 0.0245. The number of anilines is 1. The fourth-order valence-corrected chi connectivity index (χ4v) is 6.50. The van der Waals surface area contributed by atoms with Gasteiger partial charge in [-0.1, -0.05) is 24.3 Å². The summed E-state index contributed by atoms with van der Waals surface area (Å²) in [6.45, 7) is 9.04. The van der Waals surface area contributed by atoms with Crippen LogP contribution in [0.4, 0.5) is 14.5 Å². The molecule has 2 aromatic carbocycles. The number of likely N-dealkylation sites (tertiary alicyclic amines) is 2. The highest BCUT2D eigenvalue weighted by atomic mass is 19.1. The first-order valence-corrected chi connectivity index (χ1v) is 13.1. The van der Waals surface area contributed by atoms with Crippen LogP contribution in [-0.2, 0) is 15.0 Å². The number of halogens is 2. The van der Waals surface area contributed by atoms with Crippen molar-refractivity contribution in [2.45, 2.75) is 50.5 Å². The maximum absolute atomic E-state index is 14.9. The van der Waals surface area contributed by atoms with Crippen LogP contribution in [-0.4, -0.2) is 66.4 Å². The van der Waals surface area contributed by atoms with E-state index < -0.39 is 17.6 Å². The van der Waals surface area contributed by atoms with Gasteiger partial charge in [0.1, 0.15) is 11.6 Å². The van der Waals surface area contributed by atoms with Crippen molar-refractivity contribution in [2.24, 2.45) is 11.7 Å². The maximum Gasteiger partial charge on any atom is 0.240 e. The molecule has 3 aliphatic rings. The predicted molar refractivity (Wildman–Crippen MR) is 139 cm³/mol. The molecule has 2 aromatic rings. The Balaban J connectivity index is 1.37. The standard InChI is InChI=1S/C29H36F2N4O2/c1-28(2,3)34-16-21(20-9-8-19(30)14-24(20)31)22(17-34)27(37)33-12-10-29(11-13-33)18-35(26(36)15-32)25-7-5-4-6-23(25)29/h4-9,14,21-22H,10-13,15-18,32H2,1-3H3. The third kappa shape index (κ3) is 4.55. The number of amides is 2. The Kier molecular flexibility index (Phi) is 6.61.